The molecule has 0 aliphatic heterocycles. The van der Waals surface area contributed by atoms with Crippen molar-refractivity contribution in [1.29, 1.82) is 0 Å². The molecule has 1 N–H and O–H groups in total. The number of nitrogens with one attached hydrogen (secondary N) is 1. The summed E-state index contributed by atoms with van der Waals surface area (Å²) in [6, 6.07) is 0. The van der Waals surface area contributed by atoms with Gasteiger partial charge in [-0.3, -0.25) is 14.5 Å². The Balaban J connectivity index is 3.99. The van der Waals surface area contributed by atoms with Crippen LogP contribution in [0.2, 0.25) is 0 Å². The maximum absolute atomic E-state index is 11.7. The number of hydrogen-bond acceptors (Lipinski definition) is 6. The Labute approximate surface area is 120 Å². The average molecular weight is 290 g/mol. The molecule has 0 aromatic rings. The third-order valence-electron chi connectivity index (χ3n) is 2.69. The quantitative estimate of drug-likeness (QED) is 0.391. The summed E-state index contributed by atoms with van der Waals surface area (Å²) in [4.78, 5) is 24.7. The van der Waals surface area contributed by atoms with E-state index in [0.29, 0.717) is 32.8 Å². The zero-order valence-electron chi connectivity index (χ0n) is 12.6. The number of nitrogens with zero attached hydrogens (tertiary/aromatic N) is 1. The van der Waals surface area contributed by atoms with Crippen molar-refractivity contribution in [2.24, 2.45) is 0 Å². The highest BCUT2D eigenvalue weighted by Crippen LogP contribution is 1.94. The summed E-state index contributed by atoms with van der Waals surface area (Å²) in [6.45, 7) is 3.03. The van der Waals surface area contributed by atoms with E-state index in [9.17, 15) is 9.59 Å². The van der Waals surface area contributed by atoms with Crippen molar-refractivity contribution in [3.05, 3.63) is 0 Å². The third-order valence-corrected chi connectivity index (χ3v) is 2.69. The first-order chi connectivity index (χ1) is 9.63. The predicted octanol–water partition coefficient (Wildman–Crippen LogP) is -0.349. The molecular formula is C13H26N2O5. The topological polar surface area (TPSA) is 77.1 Å². The number of methoxy groups -OCH3 is 3. The molecule has 0 aromatic carbocycles. The second-order valence-corrected chi connectivity index (χ2v) is 4.29. The average Bonchev–Trinajstić information content (AvgIpc) is 2.46. The molecule has 118 valence electrons. The molecule has 0 aromatic heterocycles. The maximum Gasteiger partial charge on any atom is 0.306 e. The Bertz CT molecular complexity index is 273. The van der Waals surface area contributed by atoms with E-state index in [1.807, 2.05) is 4.90 Å². The van der Waals surface area contributed by atoms with Gasteiger partial charge in [-0.05, 0) is 6.42 Å². The van der Waals surface area contributed by atoms with Crippen LogP contribution in [0.3, 0.4) is 0 Å². The number of hydrogen-bond donors (Lipinski definition) is 1. The van der Waals surface area contributed by atoms with Crippen LogP contribution >= 0.6 is 0 Å². The summed E-state index contributed by atoms with van der Waals surface area (Å²) in [6.07, 6.45) is 1.04. The van der Waals surface area contributed by atoms with Crippen LogP contribution in [0.25, 0.3) is 0 Å². The molecule has 0 aliphatic rings. The Hall–Kier alpha value is -1.18. The lowest BCUT2D eigenvalue weighted by molar-refractivity contribution is -0.141. The van der Waals surface area contributed by atoms with Crippen molar-refractivity contribution < 1.29 is 23.8 Å². The number of esters is 1. The first kappa shape index (κ1) is 18.8. The molecular weight excluding hydrogens is 264 g/mol. The number of rotatable bonds is 12. The van der Waals surface area contributed by atoms with Crippen molar-refractivity contribution in [2.75, 3.05) is 60.7 Å². The minimum Gasteiger partial charge on any atom is -0.469 e. The second kappa shape index (κ2) is 12.8. The molecule has 1 amide bonds. The highest BCUT2D eigenvalue weighted by atomic mass is 16.5. The summed E-state index contributed by atoms with van der Waals surface area (Å²) in [5.41, 5.74) is 0. The van der Waals surface area contributed by atoms with Crippen LogP contribution in [0, 0.1) is 0 Å². The molecule has 0 unspecified atom stereocenters. The normalized spacial score (nSPS) is 10.6. The second-order valence-electron chi connectivity index (χ2n) is 4.29. The van der Waals surface area contributed by atoms with E-state index in [1.54, 1.807) is 14.2 Å². The first-order valence-corrected chi connectivity index (χ1v) is 6.67. The van der Waals surface area contributed by atoms with Crippen LogP contribution in [-0.2, 0) is 23.8 Å². The molecule has 20 heavy (non-hydrogen) atoms. The van der Waals surface area contributed by atoms with Gasteiger partial charge in [0, 0.05) is 40.5 Å². The number of carbonyl (C=O) groups excluding carboxylic acids is 2. The van der Waals surface area contributed by atoms with Crippen molar-refractivity contribution >= 4 is 11.9 Å². The van der Waals surface area contributed by atoms with Crippen LogP contribution in [0.1, 0.15) is 12.8 Å². The van der Waals surface area contributed by atoms with Crippen molar-refractivity contribution in [3.8, 4) is 0 Å². The van der Waals surface area contributed by atoms with E-state index >= 15 is 0 Å². The van der Waals surface area contributed by atoms with Gasteiger partial charge in [0.25, 0.3) is 0 Å². The highest BCUT2D eigenvalue weighted by Gasteiger charge is 2.12. The molecule has 0 spiro atoms. The van der Waals surface area contributed by atoms with E-state index in [0.717, 1.165) is 6.42 Å². The lowest BCUT2D eigenvalue weighted by Gasteiger charge is -2.20. The molecule has 0 radical (unpaired) electrons. The molecule has 0 rings (SSSR count). The van der Waals surface area contributed by atoms with Gasteiger partial charge in [0.1, 0.15) is 0 Å². The third kappa shape index (κ3) is 10.7. The van der Waals surface area contributed by atoms with Gasteiger partial charge in [0.05, 0.1) is 26.7 Å². The van der Waals surface area contributed by atoms with Gasteiger partial charge in [0.2, 0.25) is 5.91 Å². The zero-order chi connectivity index (χ0) is 15.2. The molecule has 0 heterocycles. The van der Waals surface area contributed by atoms with E-state index in [4.69, 9.17) is 9.47 Å². The molecule has 7 nitrogen and oxygen atoms in total. The summed E-state index contributed by atoms with van der Waals surface area (Å²) < 4.78 is 14.5. The molecule has 0 fully saturated rings. The smallest absolute Gasteiger partial charge is 0.306 e. The van der Waals surface area contributed by atoms with Gasteiger partial charge in [-0.2, -0.15) is 0 Å². The Morgan fingerprint density at radius 3 is 2.35 bits per heavy atom. The van der Waals surface area contributed by atoms with Crippen LogP contribution < -0.4 is 5.32 Å². The maximum atomic E-state index is 11.7. The fraction of sp³-hybridized carbons (Fsp3) is 0.846. The number of carbonyl (C=O) groups is 2. The Morgan fingerprint density at radius 2 is 1.75 bits per heavy atom. The molecule has 0 atom stereocenters. The van der Waals surface area contributed by atoms with Crippen LogP contribution in [-0.4, -0.2) is 77.5 Å². The van der Waals surface area contributed by atoms with Crippen molar-refractivity contribution in [2.45, 2.75) is 12.8 Å². The van der Waals surface area contributed by atoms with E-state index in [-0.39, 0.29) is 24.8 Å². The van der Waals surface area contributed by atoms with Gasteiger partial charge in [-0.15, -0.1) is 0 Å². The van der Waals surface area contributed by atoms with Gasteiger partial charge in [0.15, 0.2) is 0 Å². The Kier molecular flexibility index (Phi) is 12.1. The standard InChI is InChI=1S/C13H26N2O5/c1-18-9-4-6-14-12(16)11-15(8-10-19-2)7-5-13(17)20-3/h4-11H2,1-3H3,(H,14,16). The minimum atomic E-state index is -0.284. The van der Waals surface area contributed by atoms with Crippen LogP contribution in [0.4, 0.5) is 0 Å². The highest BCUT2D eigenvalue weighted by molar-refractivity contribution is 5.78. The van der Waals surface area contributed by atoms with Crippen LogP contribution in [0.5, 0.6) is 0 Å². The molecule has 0 saturated heterocycles. The monoisotopic (exact) mass is 290 g/mol. The SMILES string of the molecule is COCCCNC(=O)CN(CCOC)CCC(=O)OC. The predicted molar refractivity (Wildman–Crippen MR) is 74.5 cm³/mol. The lowest BCUT2D eigenvalue weighted by atomic mass is 10.3. The van der Waals surface area contributed by atoms with Crippen LogP contribution in [0.15, 0.2) is 0 Å². The largest absolute Gasteiger partial charge is 0.469 e. The van der Waals surface area contributed by atoms with Crippen molar-refractivity contribution in [3.63, 3.8) is 0 Å². The fourth-order valence-corrected chi connectivity index (χ4v) is 1.55. The lowest BCUT2D eigenvalue weighted by Crippen LogP contribution is -2.40. The van der Waals surface area contributed by atoms with Gasteiger partial charge >= 0.3 is 5.97 Å². The summed E-state index contributed by atoms with van der Waals surface area (Å²) in [5, 5.41) is 2.81. The fourth-order valence-electron chi connectivity index (χ4n) is 1.55. The van der Waals surface area contributed by atoms with E-state index < -0.39 is 0 Å². The molecule has 0 aliphatic carbocycles. The molecule has 0 bridgehead atoms. The molecule has 7 heteroatoms. The van der Waals surface area contributed by atoms with Gasteiger partial charge < -0.3 is 19.5 Å². The molecule has 0 saturated carbocycles. The van der Waals surface area contributed by atoms with E-state index in [2.05, 4.69) is 10.1 Å². The summed E-state index contributed by atoms with van der Waals surface area (Å²) in [5.74, 6) is -0.352. The first-order valence-electron chi connectivity index (χ1n) is 6.67. The van der Waals surface area contributed by atoms with Gasteiger partial charge in [-0.25, -0.2) is 0 Å². The minimum absolute atomic E-state index is 0.0675. The van der Waals surface area contributed by atoms with Gasteiger partial charge in [-0.1, -0.05) is 0 Å². The van der Waals surface area contributed by atoms with Crippen molar-refractivity contribution in [1.82, 2.24) is 10.2 Å². The summed E-state index contributed by atoms with van der Waals surface area (Å²) in [7, 11) is 4.58. The summed E-state index contributed by atoms with van der Waals surface area (Å²) >= 11 is 0. The Morgan fingerprint density at radius 1 is 1.05 bits per heavy atom. The van der Waals surface area contributed by atoms with E-state index in [1.165, 1.54) is 7.11 Å². The number of ether oxygens (including phenoxy) is 3. The number of amides is 1. The zero-order valence-corrected chi connectivity index (χ0v) is 12.6.